The summed E-state index contributed by atoms with van der Waals surface area (Å²) in [5, 5.41) is 8.22. The molecule has 0 fully saturated rings. The molecule has 0 saturated heterocycles. The molecule has 0 aliphatic carbocycles. The number of nitrogens with one attached hydrogen (secondary N) is 2. The number of benzene rings is 3. The summed E-state index contributed by atoms with van der Waals surface area (Å²) < 4.78 is 27.9. The molecule has 198 valence electrons. The number of hydrogen-bond acceptors (Lipinski definition) is 5. The van der Waals surface area contributed by atoms with Crippen LogP contribution in [0.5, 0.6) is 0 Å². The molecule has 1 aromatic heterocycles. The molecule has 3 aromatic carbocycles. The first-order valence-corrected chi connectivity index (χ1v) is 14.4. The summed E-state index contributed by atoms with van der Waals surface area (Å²) in [4.78, 5) is 17.2. The number of sulfonamides is 1. The fraction of sp³-hybridized carbons (Fsp3) is 0.214. The maximum atomic E-state index is 13.3. The third kappa shape index (κ3) is 7.45. The van der Waals surface area contributed by atoms with Crippen molar-refractivity contribution in [3.8, 4) is 0 Å². The van der Waals surface area contributed by atoms with Crippen molar-refractivity contribution in [3.63, 3.8) is 0 Å². The van der Waals surface area contributed by atoms with E-state index in [0.29, 0.717) is 36.0 Å². The Morgan fingerprint density at radius 1 is 0.895 bits per heavy atom. The van der Waals surface area contributed by atoms with Crippen molar-refractivity contribution in [3.05, 3.63) is 101 Å². The van der Waals surface area contributed by atoms with Crippen LogP contribution in [0, 0.1) is 0 Å². The van der Waals surface area contributed by atoms with Gasteiger partial charge < -0.3 is 10.6 Å². The second kappa shape index (κ2) is 13.1. The molecular formula is C28H28Cl2N4O3S. The number of nitrogens with zero attached hydrogens (tertiary/aromatic N) is 2. The minimum atomic E-state index is -3.89. The van der Waals surface area contributed by atoms with E-state index in [9.17, 15) is 13.2 Å². The Balaban J connectivity index is 1.33. The topological polar surface area (TPSA) is 91.4 Å². The first-order chi connectivity index (χ1) is 18.3. The lowest BCUT2D eigenvalue weighted by Gasteiger charge is -2.22. The highest BCUT2D eigenvalue weighted by Crippen LogP contribution is 2.24. The maximum Gasteiger partial charge on any atom is 0.243 e. The number of carbonyl (C=O) groups is 1. The second-order valence-corrected chi connectivity index (χ2v) is 11.5. The molecule has 2 N–H and O–H groups in total. The zero-order chi connectivity index (χ0) is 27.0. The van der Waals surface area contributed by atoms with Gasteiger partial charge in [-0.1, -0.05) is 53.5 Å². The van der Waals surface area contributed by atoms with Gasteiger partial charge in [0.25, 0.3) is 0 Å². The van der Waals surface area contributed by atoms with Crippen molar-refractivity contribution in [1.29, 1.82) is 0 Å². The zero-order valence-electron chi connectivity index (χ0n) is 20.6. The summed E-state index contributed by atoms with van der Waals surface area (Å²) >= 11 is 12.0. The minimum absolute atomic E-state index is 0.0952. The van der Waals surface area contributed by atoms with Crippen LogP contribution < -0.4 is 10.6 Å². The highest BCUT2D eigenvalue weighted by atomic mass is 35.5. The van der Waals surface area contributed by atoms with Crippen LogP contribution in [0.3, 0.4) is 0 Å². The van der Waals surface area contributed by atoms with Gasteiger partial charge in [0.2, 0.25) is 15.9 Å². The lowest BCUT2D eigenvalue weighted by atomic mass is 10.1. The van der Waals surface area contributed by atoms with Crippen molar-refractivity contribution < 1.29 is 13.2 Å². The number of carbonyl (C=O) groups excluding carboxylic acids is 1. The van der Waals surface area contributed by atoms with Gasteiger partial charge in [-0.15, -0.1) is 0 Å². The number of amides is 1. The van der Waals surface area contributed by atoms with E-state index < -0.39 is 10.0 Å². The number of fused-ring (bicyclic) bond motifs is 1. The molecule has 0 aliphatic rings. The van der Waals surface area contributed by atoms with E-state index in [2.05, 4.69) is 15.6 Å². The summed E-state index contributed by atoms with van der Waals surface area (Å²) in [5.74, 6) is -0.361. The number of rotatable bonds is 12. The molecule has 0 saturated carbocycles. The Bertz CT molecular complexity index is 1480. The van der Waals surface area contributed by atoms with Gasteiger partial charge in [-0.25, -0.2) is 8.42 Å². The zero-order valence-corrected chi connectivity index (χ0v) is 22.9. The van der Waals surface area contributed by atoms with Gasteiger partial charge in [0.15, 0.2) is 0 Å². The molecule has 0 unspecified atom stereocenters. The van der Waals surface area contributed by atoms with E-state index in [1.54, 1.807) is 6.20 Å². The molecule has 0 bridgehead atoms. The van der Waals surface area contributed by atoms with Crippen molar-refractivity contribution in [2.75, 3.05) is 31.5 Å². The standard InChI is InChI=1S/C28H28Cl2N4O3S/c29-22-7-10-24(11-8-22)38(36,37)34(18-14-21-5-2-1-3-6-21)20-28(35)33-16-4-15-31-26-13-17-32-27-19-23(30)9-12-25(26)27/h1-3,5-13,17,19H,4,14-16,18,20H2,(H,31,32)(H,33,35). The van der Waals surface area contributed by atoms with Crippen molar-refractivity contribution in [2.24, 2.45) is 0 Å². The fourth-order valence-corrected chi connectivity index (χ4v) is 5.66. The smallest absolute Gasteiger partial charge is 0.243 e. The molecule has 4 rings (SSSR count). The molecule has 0 radical (unpaired) electrons. The second-order valence-electron chi connectivity index (χ2n) is 8.68. The molecule has 1 heterocycles. The van der Waals surface area contributed by atoms with Gasteiger partial charge in [0, 0.05) is 46.9 Å². The largest absolute Gasteiger partial charge is 0.384 e. The van der Waals surface area contributed by atoms with Gasteiger partial charge in [-0.05, 0) is 66.9 Å². The van der Waals surface area contributed by atoms with Crippen LogP contribution >= 0.6 is 23.2 Å². The summed E-state index contributed by atoms with van der Waals surface area (Å²) in [6, 6.07) is 23.0. The number of anilines is 1. The predicted molar refractivity (Wildman–Crippen MR) is 153 cm³/mol. The van der Waals surface area contributed by atoms with E-state index in [-0.39, 0.29) is 23.9 Å². The van der Waals surface area contributed by atoms with Crippen LogP contribution in [0.15, 0.2) is 90.0 Å². The van der Waals surface area contributed by atoms with Crippen molar-refractivity contribution >= 4 is 55.7 Å². The Hall–Kier alpha value is -3.17. The van der Waals surface area contributed by atoms with E-state index in [0.717, 1.165) is 22.2 Å². The molecule has 4 aromatic rings. The monoisotopic (exact) mass is 570 g/mol. The fourth-order valence-electron chi connectivity index (χ4n) is 3.97. The highest BCUT2D eigenvalue weighted by Gasteiger charge is 2.26. The first-order valence-electron chi connectivity index (χ1n) is 12.2. The Morgan fingerprint density at radius 3 is 2.39 bits per heavy atom. The van der Waals surface area contributed by atoms with Crippen LogP contribution in [-0.2, 0) is 21.2 Å². The minimum Gasteiger partial charge on any atom is -0.384 e. The average Bonchev–Trinajstić information content (AvgIpc) is 2.91. The van der Waals surface area contributed by atoms with Crippen LogP contribution in [0.1, 0.15) is 12.0 Å². The normalized spacial score (nSPS) is 11.6. The number of hydrogen-bond donors (Lipinski definition) is 2. The van der Waals surface area contributed by atoms with Crippen LogP contribution in [-0.4, -0.2) is 49.8 Å². The third-order valence-electron chi connectivity index (χ3n) is 5.96. The summed E-state index contributed by atoms with van der Waals surface area (Å²) in [7, 11) is -3.89. The number of aromatic nitrogens is 1. The molecule has 0 spiro atoms. The lowest BCUT2D eigenvalue weighted by Crippen LogP contribution is -2.42. The number of halogens is 2. The summed E-state index contributed by atoms with van der Waals surface area (Å²) in [6.45, 7) is 0.904. The Kier molecular flexibility index (Phi) is 9.58. The quantitative estimate of drug-likeness (QED) is 0.223. The van der Waals surface area contributed by atoms with Crippen LogP contribution in [0.4, 0.5) is 5.69 Å². The Labute approximate surface area is 232 Å². The Morgan fingerprint density at radius 2 is 1.63 bits per heavy atom. The summed E-state index contributed by atoms with van der Waals surface area (Å²) in [6.07, 6.45) is 2.85. The van der Waals surface area contributed by atoms with Crippen molar-refractivity contribution in [2.45, 2.75) is 17.7 Å². The van der Waals surface area contributed by atoms with E-state index >= 15 is 0 Å². The molecule has 7 nitrogen and oxygen atoms in total. The lowest BCUT2D eigenvalue weighted by molar-refractivity contribution is -0.121. The van der Waals surface area contributed by atoms with E-state index in [1.807, 2.05) is 54.6 Å². The van der Waals surface area contributed by atoms with Crippen LogP contribution in [0.2, 0.25) is 10.0 Å². The van der Waals surface area contributed by atoms with Crippen molar-refractivity contribution in [1.82, 2.24) is 14.6 Å². The van der Waals surface area contributed by atoms with Gasteiger partial charge in [-0.3, -0.25) is 9.78 Å². The van der Waals surface area contributed by atoms with Gasteiger partial charge in [0.1, 0.15) is 0 Å². The molecular weight excluding hydrogens is 543 g/mol. The third-order valence-corrected chi connectivity index (χ3v) is 8.31. The van der Waals surface area contributed by atoms with E-state index in [1.165, 1.54) is 28.6 Å². The molecule has 10 heteroatoms. The predicted octanol–water partition coefficient (Wildman–Crippen LogP) is 5.39. The van der Waals surface area contributed by atoms with Gasteiger partial charge in [-0.2, -0.15) is 4.31 Å². The number of pyridine rings is 1. The molecule has 1 amide bonds. The van der Waals surface area contributed by atoms with Gasteiger partial charge >= 0.3 is 0 Å². The molecule has 0 atom stereocenters. The molecule has 0 aliphatic heterocycles. The van der Waals surface area contributed by atoms with Crippen LogP contribution in [0.25, 0.3) is 10.9 Å². The first kappa shape index (κ1) is 27.9. The highest BCUT2D eigenvalue weighted by molar-refractivity contribution is 7.89. The molecule has 38 heavy (non-hydrogen) atoms. The SMILES string of the molecule is O=C(CN(CCc1ccccc1)S(=O)(=O)c1ccc(Cl)cc1)NCCCNc1ccnc2cc(Cl)ccc12. The average molecular weight is 572 g/mol. The maximum absolute atomic E-state index is 13.3. The summed E-state index contributed by atoms with van der Waals surface area (Å²) in [5.41, 5.74) is 2.72. The van der Waals surface area contributed by atoms with Gasteiger partial charge in [0.05, 0.1) is 17.0 Å². The van der Waals surface area contributed by atoms with E-state index in [4.69, 9.17) is 23.2 Å².